The molecule has 6 nitrogen and oxygen atoms in total. The maximum atomic E-state index is 12.7. The molecule has 1 spiro atoms. The van der Waals surface area contributed by atoms with Crippen molar-refractivity contribution in [3.63, 3.8) is 0 Å². The molecule has 2 aliphatic heterocycles. The number of halogens is 2. The third-order valence-electron chi connectivity index (χ3n) is 6.50. The normalized spacial score (nSPS) is 26.2. The van der Waals surface area contributed by atoms with Gasteiger partial charge in [-0.05, 0) is 31.9 Å². The fourth-order valence-electron chi connectivity index (χ4n) is 4.21. The Bertz CT molecular complexity index is 979. The molecule has 0 amide bonds. The lowest BCUT2D eigenvalue weighted by Gasteiger charge is -2.47. The van der Waals surface area contributed by atoms with Gasteiger partial charge in [0.15, 0.2) is 5.82 Å². The fraction of sp³-hybridized carbons (Fsp3) is 0.474. The Morgan fingerprint density at radius 2 is 2.10 bits per heavy atom. The van der Waals surface area contributed by atoms with E-state index < -0.39 is 0 Å². The van der Waals surface area contributed by atoms with Crippen molar-refractivity contribution in [1.29, 1.82) is 0 Å². The van der Waals surface area contributed by atoms with E-state index in [0.717, 1.165) is 30.8 Å². The van der Waals surface area contributed by atoms with Crippen LogP contribution in [0.2, 0.25) is 10.0 Å². The van der Waals surface area contributed by atoms with E-state index in [1.165, 1.54) is 11.8 Å². The van der Waals surface area contributed by atoms with Gasteiger partial charge in [-0.25, -0.2) is 4.98 Å². The summed E-state index contributed by atoms with van der Waals surface area (Å²) in [7, 11) is 2.08. The topological polar surface area (TPSA) is 84.2 Å². The maximum Gasteiger partial charge on any atom is 0.291 e. The number of piperidine rings is 1. The molecule has 2 atom stereocenters. The highest BCUT2D eigenvalue weighted by Crippen LogP contribution is 2.46. The summed E-state index contributed by atoms with van der Waals surface area (Å²) in [4.78, 5) is 22.8. The summed E-state index contributed by atoms with van der Waals surface area (Å²) in [5.74, 6) is 0.437. The van der Waals surface area contributed by atoms with Crippen LogP contribution in [0.25, 0.3) is 0 Å². The molecule has 29 heavy (non-hydrogen) atoms. The van der Waals surface area contributed by atoms with Gasteiger partial charge in [-0.15, -0.1) is 0 Å². The third-order valence-corrected chi connectivity index (χ3v) is 8.42. The highest BCUT2D eigenvalue weighted by atomic mass is 35.5. The van der Waals surface area contributed by atoms with E-state index in [4.69, 9.17) is 33.7 Å². The summed E-state index contributed by atoms with van der Waals surface area (Å²) in [6, 6.07) is 5.39. The lowest BCUT2D eigenvalue weighted by molar-refractivity contribution is 0.0971. The van der Waals surface area contributed by atoms with Crippen LogP contribution in [-0.2, 0) is 4.74 Å². The van der Waals surface area contributed by atoms with Crippen LogP contribution in [-0.4, -0.2) is 49.1 Å². The van der Waals surface area contributed by atoms with E-state index in [9.17, 15) is 4.79 Å². The minimum atomic E-state index is -0.365. The molecule has 0 saturated carbocycles. The van der Waals surface area contributed by atoms with E-state index >= 15 is 0 Å². The van der Waals surface area contributed by atoms with E-state index in [1.807, 2.05) is 24.0 Å². The van der Waals surface area contributed by atoms with Crippen LogP contribution in [0, 0.1) is 5.41 Å². The van der Waals surface area contributed by atoms with Crippen molar-refractivity contribution in [2.45, 2.75) is 41.2 Å². The summed E-state index contributed by atoms with van der Waals surface area (Å²) >= 11 is 13.6. The smallest absolute Gasteiger partial charge is 0.291 e. The van der Waals surface area contributed by atoms with Crippen molar-refractivity contribution in [2.75, 3.05) is 24.6 Å². The molecule has 3 N–H and O–H groups in total. The number of nitrogens with two attached hydrogens (primary N) is 1. The number of aromatic amines is 1. The molecule has 3 heterocycles. The SMILES string of the molecule is B[C@@]1(N)[C@H](C)OCC12CCN(c1ncc(Sc3cccc(Cl)c3Cl)[nH]c1=O)CC2. The van der Waals surface area contributed by atoms with Crippen LogP contribution in [0.3, 0.4) is 0 Å². The fourth-order valence-corrected chi connectivity index (χ4v) is 5.52. The number of H-pyrrole nitrogens is 1. The van der Waals surface area contributed by atoms with E-state index in [0.29, 0.717) is 27.5 Å². The Morgan fingerprint density at radius 1 is 1.38 bits per heavy atom. The first-order chi connectivity index (χ1) is 13.7. The van der Waals surface area contributed by atoms with Gasteiger partial charge in [-0.2, -0.15) is 0 Å². The summed E-state index contributed by atoms with van der Waals surface area (Å²) < 4.78 is 5.87. The molecule has 10 heteroatoms. The van der Waals surface area contributed by atoms with Crippen molar-refractivity contribution in [2.24, 2.45) is 11.1 Å². The second-order valence-corrected chi connectivity index (χ2v) is 9.93. The van der Waals surface area contributed by atoms with E-state index in [2.05, 4.69) is 17.8 Å². The van der Waals surface area contributed by atoms with Crippen molar-refractivity contribution in [3.8, 4) is 0 Å². The first-order valence-corrected chi connectivity index (χ1v) is 11.2. The Kier molecular flexibility index (Phi) is 5.68. The van der Waals surface area contributed by atoms with Gasteiger partial charge >= 0.3 is 0 Å². The first kappa shape index (κ1) is 21.1. The summed E-state index contributed by atoms with van der Waals surface area (Å²) in [5.41, 5.74) is 5.99. The molecule has 0 radical (unpaired) electrons. The van der Waals surface area contributed by atoms with Crippen LogP contribution in [0.1, 0.15) is 19.8 Å². The van der Waals surface area contributed by atoms with Gasteiger partial charge in [0.2, 0.25) is 0 Å². The Morgan fingerprint density at radius 3 is 2.72 bits per heavy atom. The minimum Gasteiger partial charge on any atom is -0.377 e. The molecular weight excluding hydrogens is 430 g/mol. The molecule has 2 fully saturated rings. The van der Waals surface area contributed by atoms with Crippen molar-refractivity contribution in [1.82, 2.24) is 9.97 Å². The highest BCUT2D eigenvalue weighted by molar-refractivity contribution is 7.99. The number of rotatable bonds is 3. The Balaban J connectivity index is 1.48. The largest absolute Gasteiger partial charge is 0.377 e. The molecule has 1 aromatic carbocycles. The zero-order valence-electron chi connectivity index (χ0n) is 16.4. The number of hydrogen-bond acceptors (Lipinski definition) is 6. The molecule has 0 aliphatic carbocycles. The van der Waals surface area contributed by atoms with Crippen LogP contribution in [0.4, 0.5) is 5.82 Å². The van der Waals surface area contributed by atoms with Gasteiger partial charge < -0.3 is 20.4 Å². The summed E-state index contributed by atoms with van der Waals surface area (Å²) in [6.45, 7) is 4.17. The lowest BCUT2D eigenvalue weighted by Crippen LogP contribution is -2.62. The molecule has 2 aliphatic rings. The maximum absolute atomic E-state index is 12.7. The first-order valence-electron chi connectivity index (χ1n) is 9.60. The second-order valence-electron chi connectivity index (χ2n) is 8.06. The summed E-state index contributed by atoms with van der Waals surface area (Å²) in [5, 5.41) is 1.55. The quantitative estimate of drug-likeness (QED) is 0.696. The van der Waals surface area contributed by atoms with Crippen molar-refractivity contribution >= 4 is 48.6 Å². The van der Waals surface area contributed by atoms with Crippen LogP contribution in [0.15, 0.2) is 39.1 Å². The zero-order chi connectivity index (χ0) is 20.8. The average molecular weight is 453 g/mol. The number of aromatic nitrogens is 2. The average Bonchev–Trinajstić information content (AvgIpc) is 2.90. The number of anilines is 1. The number of ether oxygens (including phenoxy) is 1. The third kappa shape index (κ3) is 3.70. The highest BCUT2D eigenvalue weighted by Gasteiger charge is 2.55. The molecule has 2 aromatic rings. The second kappa shape index (κ2) is 7.82. The van der Waals surface area contributed by atoms with Gasteiger partial charge in [0.25, 0.3) is 5.56 Å². The Labute approximate surface area is 184 Å². The predicted molar refractivity (Wildman–Crippen MR) is 120 cm³/mol. The van der Waals surface area contributed by atoms with Crippen LogP contribution >= 0.6 is 35.0 Å². The molecular formula is C19H23BCl2N4O2S. The summed E-state index contributed by atoms with van der Waals surface area (Å²) in [6.07, 6.45) is 3.45. The van der Waals surface area contributed by atoms with E-state index in [-0.39, 0.29) is 22.5 Å². The Hall–Kier alpha value is -1.19. The molecule has 154 valence electrons. The molecule has 1 aromatic heterocycles. The standard InChI is InChI=1S/C19H23BCl2N4O2S/c1-11-19(20,23)18(10-28-11)5-7-26(8-6-18)16-17(27)25-14(9-24-16)29-13-4-2-3-12(21)15(13)22/h2-4,9,11H,5-8,10,20,23H2,1H3,(H,25,27)/t11-,19+/m0/s1. The lowest BCUT2D eigenvalue weighted by atomic mass is 9.55. The van der Waals surface area contributed by atoms with Gasteiger partial charge in [0.05, 0.1) is 34.0 Å². The zero-order valence-corrected chi connectivity index (χ0v) is 18.7. The van der Waals surface area contributed by atoms with E-state index in [1.54, 1.807) is 12.3 Å². The van der Waals surface area contributed by atoms with Gasteiger partial charge in [-0.1, -0.05) is 41.0 Å². The van der Waals surface area contributed by atoms with Crippen LogP contribution < -0.4 is 16.2 Å². The number of nitrogens with zero attached hydrogens (tertiary/aromatic N) is 2. The number of hydrogen-bond donors (Lipinski definition) is 2. The number of nitrogens with one attached hydrogen (secondary N) is 1. The van der Waals surface area contributed by atoms with Gasteiger partial charge in [0.1, 0.15) is 7.85 Å². The van der Waals surface area contributed by atoms with Gasteiger partial charge in [-0.3, -0.25) is 4.79 Å². The number of benzene rings is 1. The van der Waals surface area contributed by atoms with Crippen molar-refractivity contribution < 1.29 is 4.74 Å². The molecule has 0 unspecified atom stereocenters. The minimum absolute atomic E-state index is 0.0326. The molecule has 2 saturated heterocycles. The van der Waals surface area contributed by atoms with Crippen molar-refractivity contribution in [3.05, 3.63) is 44.8 Å². The molecule has 0 bridgehead atoms. The van der Waals surface area contributed by atoms with Gasteiger partial charge in [0, 0.05) is 28.8 Å². The van der Waals surface area contributed by atoms with Crippen LogP contribution in [0.5, 0.6) is 0 Å². The predicted octanol–water partition coefficient (Wildman–Crippen LogP) is 2.52. The molecule has 4 rings (SSSR count). The monoisotopic (exact) mass is 452 g/mol.